The summed E-state index contributed by atoms with van der Waals surface area (Å²) in [5.41, 5.74) is 5.22. The van der Waals surface area contributed by atoms with Gasteiger partial charge in [-0.1, -0.05) is 48.5 Å². The number of rotatable bonds is 8. The highest BCUT2D eigenvalue weighted by Gasteiger charge is 2.07. The second kappa shape index (κ2) is 9.81. The first-order valence-electron chi connectivity index (χ1n) is 9.68. The molecule has 9 nitrogen and oxygen atoms in total. The molecule has 0 amide bonds. The van der Waals surface area contributed by atoms with E-state index in [9.17, 15) is 4.79 Å². The normalized spacial score (nSPS) is 10.6. The number of nitrogens with zero attached hydrogens (tertiary/aromatic N) is 4. The van der Waals surface area contributed by atoms with Gasteiger partial charge in [0, 0.05) is 11.4 Å². The number of aromatic carboxylic acids is 1. The van der Waals surface area contributed by atoms with Gasteiger partial charge in [0.05, 0.1) is 11.8 Å². The molecule has 0 atom stereocenters. The Bertz CT molecular complexity index is 1170. The van der Waals surface area contributed by atoms with Crippen molar-refractivity contribution >= 4 is 41.4 Å². The van der Waals surface area contributed by atoms with Crippen LogP contribution in [0.25, 0.3) is 0 Å². The average molecular weight is 425 g/mol. The van der Waals surface area contributed by atoms with Crippen molar-refractivity contribution in [3.05, 3.63) is 96.1 Å². The third-order valence-corrected chi connectivity index (χ3v) is 4.21. The number of carbonyl (C=O) groups is 1. The minimum Gasteiger partial charge on any atom is -0.478 e. The molecule has 0 radical (unpaired) electrons. The summed E-state index contributed by atoms with van der Waals surface area (Å²) >= 11 is 0. The summed E-state index contributed by atoms with van der Waals surface area (Å²) < 4.78 is 0. The van der Waals surface area contributed by atoms with Gasteiger partial charge in [-0.2, -0.15) is 20.1 Å². The Kier molecular flexibility index (Phi) is 6.28. The van der Waals surface area contributed by atoms with E-state index in [-0.39, 0.29) is 11.5 Å². The number of anilines is 5. The van der Waals surface area contributed by atoms with Crippen LogP contribution >= 0.6 is 0 Å². The number of hydrogen-bond donors (Lipinski definition) is 4. The Morgan fingerprint density at radius 2 is 1.31 bits per heavy atom. The highest BCUT2D eigenvalue weighted by Crippen LogP contribution is 2.18. The molecule has 0 saturated heterocycles. The van der Waals surface area contributed by atoms with E-state index in [1.165, 1.54) is 18.3 Å². The minimum absolute atomic E-state index is 0.179. The molecule has 0 spiro atoms. The van der Waals surface area contributed by atoms with E-state index < -0.39 is 5.97 Å². The lowest BCUT2D eigenvalue weighted by Crippen LogP contribution is -2.07. The maximum Gasteiger partial charge on any atom is 0.335 e. The summed E-state index contributed by atoms with van der Waals surface area (Å²) in [4.78, 5) is 24.3. The summed E-state index contributed by atoms with van der Waals surface area (Å²) in [7, 11) is 0. The topological polar surface area (TPSA) is 124 Å². The maximum absolute atomic E-state index is 11.1. The summed E-state index contributed by atoms with van der Waals surface area (Å²) in [6.45, 7) is 0. The van der Waals surface area contributed by atoms with Gasteiger partial charge in [0.1, 0.15) is 0 Å². The highest BCUT2D eigenvalue weighted by atomic mass is 16.4. The van der Waals surface area contributed by atoms with Crippen LogP contribution in [-0.4, -0.2) is 32.2 Å². The fourth-order valence-corrected chi connectivity index (χ4v) is 2.76. The molecule has 3 aromatic carbocycles. The van der Waals surface area contributed by atoms with Crippen molar-refractivity contribution < 1.29 is 9.90 Å². The predicted molar refractivity (Wildman–Crippen MR) is 124 cm³/mol. The summed E-state index contributed by atoms with van der Waals surface area (Å²) in [5.74, 6) is -0.133. The molecule has 158 valence electrons. The zero-order valence-electron chi connectivity index (χ0n) is 16.8. The van der Waals surface area contributed by atoms with Crippen LogP contribution in [0.1, 0.15) is 15.9 Å². The lowest BCUT2D eigenvalue weighted by atomic mass is 10.1. The van der Waals surface area contributed by atoms with Crippen LogP contribution in [0.5, 0.6) is 0 Å². The standard InChI is InChI=1S/C23H19N7O2/c31-20(32)17-9-7-8-16(14-17)15-24-30-23-28-21(25-18-10-3-1-4-11-18)27-22(29-23)26-19-12-5-2-6-13-19/h1-15H,(H,31,32)(H3,25,26,27,28,29,30)/b24-15-. The lowest BCUT2D eigenvalue weighted by Gasteiger charge is -2.10. The Labute approximate surface area is 183 Å². The predicted octanol–water partition coefficient (Wildman–Crippen LogP) is 4.50. The van der Waals surface area contributed by atoms with Gasteiger partial charge in [-0.25, -0.2) is 10.2 Å². The first kappa shape index (κ1) is 20.5. The molecule has 1 heterocycles. The highest BCUT2D eigenvalue weighted by molar-refractivity contribution is 5.91. The van der Waals surface area contributed by atoms with Crippen LogP contribution < -0.4 is 16.1 Å². The quantitative estimate of drug-likeness (QED) is 0.240. The second-order valence-electron chi connectivity index (χ2n) is 6.59. The monoisotopic (exact) mass is 425 g/mol. The fraction of sp³-hybridized carbons (Fsp3) is 0. The van der Waals surface area contributed by atoms with Crippen molar-refractivity contribution in [1.82, 2.24) is 15.0 Å². The average Bonchev–Trinajstić information content (AvgIpc) is 2.80. The first-order valence-corrected chi connectivity index (χ1v) is 9.68. The van der Waals surface area contributed by atoms with Gasteiger partial charge in [0.15, 0.2) is 0 Å². The third kappa shape index (κ3) is 5.63. The van der Waals surface area contributed by atoms with Crippen molar-refractivity contribution in [2.45, 2.75) is 0 Å². The smallest absolute Gasteiger partial charge is 0.335 e. The molecule has 4 rings (SSSR count). The minimum atomic E-state index is -1.00. The zero-order chi connectivity index (χ0) is 22.2. The second-order valence-corrected chi connectivity index (χ2v) is 6.59. The number of benzene rings is 3. The fourth-order valence-electron chi connectivity index (χ4n) is 2.76. The van der Waals surface area contributed by atoms with Crippen LogP contribution in [0.4, 0.5) is 29.2 Å². The van der Waals surface area contributed by atoms with Crippen molar-refractivity contribution in [2.24, 2.45) is 5.10 Å². The van der Waals surface area contributed by atoms with E-state index in [4.69, 9.17) is 5.11 Å². The van der Waals surface area contributed by atoms with E-state index in [1.54, 1.807) is 12.1 Å². The zero-order valence-corrected chi connectivity index (χ0v) is 16.8. The van der Waals surface area contributed by atoms with Crippen molar-refractivity contribution in [1.29, 1.82) is 0 Å². The van der Waals surface area contributed by atoms with E-state index >= 15 is 0 Å². The molecule has 4 aromatic rings. The molecular formula is C23H19N7O2. The molecule has 32 heavy (non-hydrogen) atoms. The SMILES string of the molecule is O=C(O)c1cccc(/C=N\Nc2nc(Nc3ccccc3)nc(Nc3ccccc3)n2)c1. The van der Waals surface area contributed by atoms with E-state index in [1.807, 2.05) is 60.7 Å². The van der Waals surface area contributed by atoms with Crippen LogP contribution in [0.2, 0.25) is 0 Å². The van der Waals surface area contributed by atoms with Crippen LogP contribution in [0.15, 0.2) is 90.0 Å². The summed E-state index contributed by atoms with van der Waals surface area (Å²) in [6, 6.07) is 25.5. The number of hydrogen-bond acceptors (Lipinski definition) is 8. The Morgan fingerprint density at radius 3 is 1.88 bits per heavy atom. The van der Waals surface area contributed by atoms with Gasteiger partial charge in [0.2, 0.25) is 17.8 Å². The molecule has 0 aliphatic heterocycles. The Hall–Kier alpha value is -4.79. The van der Waals surface area contributed by atoms with Gasteiger partial charge < -0.3 is 15.7 Å². The number of aromatic nitrogens is 3. The molecule has 0 unspecified atom stereocenters. The van der Waals surface area contributed by atoms with E-state index in [0.29, 0.717) is 17.5 Å². The molecule has 0 aliphatic carbocycles. The van der Waals surface area contributed by atoms with Crippen molar-refractivity contribution in [2.75, 3.05) is 16.1 Å². The summed E-state index contributed by atoms with van der Waals surface area (Å²) in [6.07, 6.45) is 1.49. The Morgan fingerprint density at radius 1 is 0.750 bits per heavy atom. The van der Waals surface area contributed by atoms with Crippen LogP contribution in [0.3, 0.4) is 0 Å². The summed E-state index contributed by atoms with van der Waals surface area (Å²) in [5, 5.41) is 19.5. The van der Waals surface area contributed by atoms with Crippen LogP contribution in [-0.2, 0) is 0 Å². The first-order chi connectivity index (χ1) is 15.7. The van der Waals surface area contributed by atoms with Crippen molar-refractivity contribution in [3.63, 3.8) is 0 Å². The molecule has 0 bridgehead atoms. The molecule has 4 N–H and O–H groups in total. The molecule has 1 aromatic heterocycles. The molecule has 9 heteroatoms. The van der Waals surface area contributed by atoms with E-state index in [2.05, 4.69) is 36.1 Å². The molecule has 0 saturated carbocycles. The van der Waals surface area contributed by atoms with Gasteiger partial charge >= 0.3 is 5.97 Å². The Balaban J connectivity index is 1.56. The van der Waals surface area contributed by atoms with Gasteiger partial charge in [-0.05, 0) is 42.0 Å². The third-order valence-electron chi connectivity index (χ3n) is 4.21. The van der Waals surface area contributed by atoms with Crippen LogP contribution in [0, 0.1) is 0 Å². The number of nitrogens with one attached hydrogen (secondary N) is 3. The van der Waals surface area contributed by atoms with Gasteiger partial charge in [-0.15, -0.1) is 0 Å². The van der Waals surface area contributed by atoms with Gasteiger partial charge in [0.25, 0.3) is 0 Å². The largest absolute Gasteiger partial charge is 0.478 e. The number of carboxylic acid groups (broad SMARTS) is 1. The number of carboxylic acids is 1. The number of para-hydroxylation sites is 2. The lowest BCUT2D eigenvalue weighted by molar-refractivity contribution is 0.0697. The molecule has 0 aliphatic rings. The van der Waals surface area contributed by atoms with Gasteiger partial charge in [-0.3, -0.25) is 0 Å². The number of hydrazone groups is 1. The molecular weight excluding hydrogens is 406 g/mol. The van der Waals surface area contributed by atoms with Crippen molar-refractivity contribution in [3.8, 4) is 0 Å². The molecule has 0 fully saturated rings. The van der Waals surface area contributed by atoms with E-state index in [0.717, 1.165) is 11.4 Å². The maximum atomic E-state index is 11.1.